The minimum atomic E-state index is 0.579. The molecule has 0 bridgehead atoms. The van der Waals surface area contributed by atoms with Crippen LogP contribution in [0.2, 0.25) is 5.15 Å². The molecule has 0 N–H and O–H groups in total. The topological polar surface area (TPSA) is 17.8 Å². The Balaban J connectivity index is 2.85. The zero-order chi connectivity index (χ0) is 9.42. The molecular formula is C10H11ClN2. The first kappa shape index (κ1) is 8.57. The van der Waals surface area contributed by atoms with Crippen LogP contribution in [0.1, 0.15) is 12.6 Å². The first-order chi connectivity index (χ1) is 6.22. The van der Waals surface area contributed by atoms with E-state index in [-0.39, 0.29) is 0 Å². The van der Waals surface area contributed by atoms with Crippen LogP contribution in [-0.2, 0) is 13.5 Å². The number of pyridine rings is 1. The van der Waals surface area contributed by atoms with Crippen LogP contribution in [0, 0.1) is 0 Å². The van der Waals surface area contributed by atoms with Crippen molar-refractivity contribution in [3.8, 4) is 0 Å². The van der Waals surface area contributed by atoms with Crippen LogP contribution in [0.25, 0.3) is 10.9 Å². The van der Waals surface area contributed by atoms with Crippen LogP contribution in [0.15, 0.2) is 18.3 Å². The smallest absolute Gasteiger partial charge is 0.130 e. The Kier molecular flexibility index (Phi) is 2.00. The predicted octanol–water partition coefficient (Wildman–Crippen LogP) is 2.79. The Bertz CT molecular complexity index is 445. The molecule has 2 aromatic rings. The summed E-state index contributed by atoms with van der Waals surface area (Å²) in [6, 6.07) is 3.96. The zero-order valence-corrected chi connectivity index (χ0v) is 8.47. The summed E-state index contributed by atoms with van der Waals surface area (Å²) in [6.07, 6.45) is 2.94. The van der Waals surface area contributed by atoms with Gasteiger partial charge in [-0.2, -0.15) is 0 Å². The Hall–Kier alpha value is -1.02. The van der Waals surface area contributed by atoms with Crippen molar-refractivity contribution >= 4 is 22.5 Å². The number of aromatic nitrogens is 2. The van der Waals surface area contributed by atoms with Gasteiger partial charge in [0.05, 0.1) is 11.2 Å². The van der Waals surface area contributed by atoms with Crippen LogP contribution in [0.3, 0.4) is 0 Å². The lowest BCUT2D eigenvalue weighted by atomic mass is 10.2. The molecule has 0 atom stereocenters. The second-order valence-corrected chi connectivity index (χ2v) is 3.50. The van der Waals surface area contributed by atoms with Crippen LogP contribution in [0.5, 0.6) is 0 Å². The summed E-state index contributed by atoms with van der Waals surface area (Å²) in [6.45, 7) is 2.09. The van der Waals surface area contributed by atoms with Gasteiger partial charge in [0.15, 0.2) is 0 Å². The maximum absolute atomic E-state index is 5.89. The zero-order valence-electron chi connectivity index (χ0n) is 7.71. The van der Waals surface area contributed by atoms with Gasteiger partial charge in [0, 0.05) is 18.6 Å². The molecule has 2 nitrogen and oxygen atoms in total. The number of hydrogen-bond donors (Lipinski definition) is 0. The molecule has 0 aliphatic heterocycles. The molecule has 0 saturated carbocycles. The van der Waals surface area contributed by atoms with E-state index in [1.807, 2.05) is 19.3 Å². The Morgan fingerprint density at radius 2 is 2.31 bits per heavy atom. The van der Waals surface area contributed by atoms with Gasteiger partial charge in [-0.3, -0.25) is 0 Å². The molecule has 0 aliphatic carbocycles. The number of hydrogen-bond acceptors (Lipinski definition) is 1. The summed E-state index contributed by atoms with van der Waals surface area (Å²) in [5.41, 5.74) is 2.25. The van der Waals surface area contributed by atoms with E-state index in [2.05, 4.69) is 22.5 Å². The van der Waals surface area contributed by atoms with Gasteiger partial charge in [0.25, 0.3) is 0 Å². The number of aryl methyl sites for hydroxylation is 2. The Labute approximate surface area is 82.1 Å². The highest BCUT2D eigenvalue weighted by molar-refractivity contribution is 6.30. The van der Waals surface area contributed by atoms with Crippen LogP contribution in [0.4, 0.5) is 0 Å². The first-order valence-corrected chi connectivity index (χ1v) is 4.70. The molecule has 0 unspecified atom stereocenters. The highest BCUT2D eigenvalue weighted by Crippen LogP contribution is 2.21. The minimum absolute atomic E-state index is 0.579. The largest absolute Gasteiger partial charge is 0.349 e. The number of rotatable bonds is 1. The average Bonchev–Trinajstić information content (AvgIpc) is 2.46. The second-order valence-electron chi connectivity index (χ2n) is 3.11. The Morgan fingerprint density at radius 1 is 1.54 bits per heavy atom. The van der Waals surface area contributed by atoms with Gasteiger partial charge in [0.1, 0.15) is 5.15 Å². The predicted molar refractivity (Wildman–Crippen MR) is 55.1 cm³/mol. The van der Waals surface area contributed by atoms with Crippen LogP contribution < -0.4 is 0 Å². The van der Waals surface area contributed by atoms with Gasteiger partial charge < -0.3 is 4.57 Å². The molecule has 0 spiro atoms. The number of halogens is 1. The van der Waals surface area contributed by atoms with E-state index in [4.69, 9.17) is 11.6 Å². The molecule has 0 amide bonds. The molecule has 0 radical (unpaired) electrons. The fourth-order valence-electron chi connectivity index (χ4n) is 1.62. The molecule has 3 heteroatoms. The lowest BCUT2D eigenvalue weighted by Gasteiger charge is -2.03. The molecule has 2 heterocycles. The maximum Gasteiger partial charge on any atom is 0.130 e. The summed E-state index contributed by atoms with van der Waals surface area (Å²) in [5, 5.41) is 1.75. The van der Waals surface area contributed by atoms with Crippen molar-refractivity contribution in [2.45, 2.75) is 13.3 Å². The van der Waals surface area contributed by atoms with Crippen molar-refractivity contribution in [1.29, 1.82) is 0 Å². The Morgan fingerprint density at radius 3 is 3.00 bits per heavy atom. The molecular weight excluding hydrogens is 184 g/mol. The van der Waals surface area contributed by atoms with E-state index in [1.165, 1.54) is 10.9 Å². The van der Waals surface area contributed by atoms with Crippen molar-refractivity contribution in [2.75, 3.05) is 0 Å². The summed E-state index contributed by atoms with van der Waals surface area (Å²) in [7, 11) is 2.02. The molecule has 13 heavy (non-hydrogen) atoms. The molecule has 68 valence electrons. The fourth-order valence-corrected chi connectivity index (χ4v) is 1.84. The van der Waals surface area contributed by atoms with E-state index in [1.54, 1.807) is 0 Å². The number of fused-ring (bicyclic) bond motifs is 1. The van der Waals surface area contributed by atoms with Crippen molar-refractivity contribution < 1.29 is 0 Å². The molecule has 0 fully saturated rings. The van der Waals surface area contributed by atoms with Crippen LogP contribution >= 0.6 is 11.6 Å². The van der Waals surface area contributed by atoms with Gasteiger partial charge in [-0.15, -0.1) is 0 Å². The van der Waals surface area contributed by atoms with Crippen molar-refractivity contribution in [3.05, 3.63) is 29.2 Å². The van der Waals surface area contributed by atoms with Crippen LogP contribution in [-0.4, -0.2) is 9.55 Å². The minimum Gasteiger partial charge on any atom is -0.349 e. The van der Waals surface area contributed by atoms with Gasteiger partial charge in [-0.05, 0) is 18.6 Å². The molecule has 0 aliphatic rings. The highest BCUT2D eigenvalue weighted by atomic mass is 35.5. The van der Waals surface area contributed by atoms with Gasteiger partial charge >= 0.3 is 0 Å². The third-order valence-corrected chi connectivity index (χ3v) is 2.42. The highest BCUT2D eigenvalue weighted by Gasteiger charge is 2.05. The van der Waals surface area contributed by atoms with Crippen molar-refractivity contribution in [1.82, 2.24) is 9.55 Å². The van der Waals surface area contributed by atoms with Gasteiger partial charge in [-0.1, -0.05) is 18.5 Å². The lowest BCUT2D eigenvalue weighted by Crippen LogP contribution is -1.94. The summed E-state index contributed by atoms with van der Waals surface area (Å²) in [5.74, 6) is 0. The van der Waals surface area contributed by atoms with Gasteiger partial charge in [-0.25, -0.2) is 4.98 Å². The second kappa shape index (κ2) is 3.04. The van der Waals surface area contributed by atoms with E-state index in [0.717, 1.165) is 12.1 Å². The monoisotopic (exact) mass is 194 g/mol. The average molecular weight is 195 g/mol. The lowest BCUT2D eigenvalue weighted by molar-refractivity contribution is 0.938. The fraction of sp³-hybridized carbons (Fsp3) is 0.300. The standard InChI is InChI=1S/C10H11ClN2/c1-3-8-10-7(4-5-13(10)2)6-9(11)12-8/h4-6H,3H2,1-2H3. The van der Waals surface area contributed by atoms with E-state index >= 15 is 0 Å². The van der Waals surface area contributed by atoms with Gasteiger partial charge in [0.2, 0.25) is 0 Å². The summed E-state index contributed by atoms with van der Waals surface area (Å²) < 4.78 is 2.08. The summed E-state index contributed by atoms with van der Waals surface area (Å²) >= 11 is 5.89. The van der Waals surface area contributed by atoms with Crippen molar-refractivity contribution in [3.63, 3.8) is 0 Å². The first-order valence-electron chi connectivity index (χ1n) is 4.33. The van der Waals surface area contributed by atoms with E-state index in [9.17, 15) is 0 Å². The maximum atomic E-state index is 5.89. The molecule has 2 aromatic heterocycles. The summed E-state index contributed by atoms with van der Waals surface area (Å²) in [4.78, 5) is 4.30. The normalized spacial score (nSPS) is 11.0. The third-order valence-electron chi connectivity index (χ3n) is 2.23. The molecule has 2 rings (SSSR count). The SMILES string of the molecule is CCc1nc(Cl)cc2ccn(C)c12. The van der Waals surface area contributed by atoms with Crippen molar-refractivity contribution in [2.24, 2.45) is 7.05 Å². The van der Waals surface area contributed by atoms with E-state index in [0.29, 0.717) is 5.15 Å². The number of nitrogens with zero attached hydrogens (tertiary/aromatic N) is 2. The quantitative estimate of drug-likeness (QED) is 0.639. The van der Waals surface area contributed by atoms with E-state index < -0.39 is 0 Å². The third kappa shape index (κ3) is 1.31. The molecule has 0 saturated heterocycles. The molecule has 0 aromatic carbocycles.